The van der Waals surface area contributed by atoms with Gasteiger partial charge in [0.1, 0.15) is 5.75 Å². The van der Waals surface area contributed by atoms with Crippen molar-refractivity contribution in [3.63, 3.8) is 0 Å². The summed E-state index contributed by atoms with van der Waals surface area (Å²) in [6.45, 7) is 1.70. The van der Waals surface area contributed by atoms with Crippen LogP contribution >= 0.6 is 0 Å². The molecule has 0 saturated carbocycles. The van der Waals surface area contributed by atoms with Crippen molar-refractivity contribution in [3.8, 4) is 5.75 Å². The number of methoxy groups -OCH3 is 1. The van der Waals surface area contributed by atoms with E-state index >= 15 is 0 Å². The molecule has 0 bridgehead atoms. The van der Waals surface area contributed by atoms with Gasteiger partial charge in [0.15, 0.2) is 0 Å². The average molecular weight is 313 g/mol. The van der Waals surface area contributed by atoms with Crippen molar-refractivity contribution in [1.82, 2.24) is 5.32 Å². The van der Waals surface area contributed by atoms with E-state index in [-0.39, 0.29) is 24.5 Å². The summed E-state index contributed by atoms with van der Waals surface area (Å²) in [7, 11) is 1.61. The molecule has 0 radical (unpaired) electrons. The van der Waals surface area contributed by atoms with Crippen LogP contribution < -0.4 is 10.1 Å². The number of aliphatic hydroxyl groups excluding tert-OH is 1. The predicted molar refractivity (Wildman–Crippen MR) is 90.6 cm³/mol. The van der Waals surface area contributed by atoms with Crippen LogP contribution in [0.2, 0.25) is 0 Å². The summed E-state index contributed by atoms with van der Waals surface area (Å²) in [6, 6.07) is 17.2. The Balaban J connectivity index is 2.28. The Labute approximate surface area is 137 Å². The average Bonchev–Trinajstić information content (AvgIpc) is 2.60. The van der Waals surface area contributed by atoms with E-state index in [0.29, 0.717) is 6.42 Å². The maximum Gasteiger partial charge on any atom is 0.228 e. The molecule has 2 aromatic rings. The van der Waals surface area contributed by atoms with E-state index in [0.717, 1.165) is 16.9 Å². The third-order valence-electron chi connectivity index (χ3n) is 3.76. The Morgan fingerprint density at radius 2 is 1.91 bits per heavy atom. The van der Waals surface area contributed by atoms with Gasteiger partial charge >= 0.3 is 0 Å². The Kier molecular flexibility index (Phi) is 6.18. The molecular weight excluding hydrogens is 290 g/mol. The van der Waals surface area contributed by atoms with Crippen LogP contribution in [0.1, 0.15) is 24.0 Å². The zero-order chi connectivity index (χ0) is 16.7. The predicted octanol–water partition coefficient (Wildman–Crippen LogP) is 2.52. The molecule has 0 aliphatic heterocycles. The lowest BCUT2D eigenvalue weighted by Gasteiger charge is -2.20. The first-order valence-electron chi connectivity index (χ1n) is 7.73. The third-order valence-corrected chi connectivity index (χ3v) is 3.76. The van der Waals surface area contributed by atoms with E-state index in [4.69, 9.17) is 4.74 Å². The van der Waals surface area contributed by atoms with Gasteiger partial charge in [-0.2, -0.15) is 0 Å². The number of rotatable bonds is 7. The van der Waals surface area contributed by atoms with Gasteiger partial charge in [-0.25, -0.2) is 0 Å². The molecular formula is C19H23NO3. The Bertz CT molecular complexity index is 628. The van der Waals surface area contributed by atoms with Gasteiger partial charge < -0.3 is 15.2 Å². The number of aliphatic hydroxyl groups is 1. The molecule has 0 aromatic heterocycles. The van der Waals surface area contributed by atoms with Crippen LogP contribution in [-0.4, -0.2) is 30.8 Å². The maximum absolute atomic E-state index is 12.7. The van der Waals surface area contributed by atoms with E-state index < -0.39 is 0 Å². The van der Waals surface area contributed by atoms with Gasteiger partial charge in [0, 0.05) is 6.04 Å². The number of nitrogens with one attached hydrogen (secondary N) is 1. The van der Waals surface area contributed by atoms with Gasteiger partial charge in [-0.3, -0.25) is 4.79 Å². The molecule has 2 atom stereocenters. The van der Waals surface area contributed by atoms with Gasteiger partial charge in [0.25, 0.3) is 0 Å². The largest absolute Gasteiger partial charge is 0.497 e. The fourth-order valence-corrected chi connectivity index (χ4v) is 2.46. The number of benzene rings is 2. The normalized spacial score (nSPS) is 13.2. The van der Waals surface area contributed by atoms with Gasteiger partial charge in [0.2, 0.25) is 5.91 Å². The van der Waals surface area contributed by atoms with Crippen LogP contribution in [0.3, 0.4) is 0 Å². The van der Waals surface area contributed by atoms with Crippen molar-refractivity contribution in [2.75, 3.05) is 13.7 Å². The van der Waals surface area contributed by atoms with E-state index in [1.165, 1.54) is 0 Å². The molecule has 4 heteroatoms. The van der Waals surface area contributed by atoms with Crippen molar-refractivity contribution in [2.45, 2.75) is 25.3 Å². The zero-order valence-corrected chi connectivity index (χ0v) is 13.5. The fraction of sp³-hybridized carbons (Fsp3) is 0.316. The van der Waals surface area contributed by atoms with Crippen molar-refractivity contribution in [1.29, 1.82) is 0 Å². The first kappa shape index (κ1) is 17.0. The lowest BCUT2D eigenvalue weighted by atomic mass is 9.90. The van der Waals surface area contributed by atoms with Crippen LogP contribution in [-0.2, 0) is 11.2 Å². The van der Waals surface area contributed by atoms with Gasteiger partial charge in [-0.05, 0) is 36.6 Å². The van der Waals surface area contributed by atoms with Gasteiger partial charge in [-0.15, -0.1) is 0 Å². The maximum atomic E-state index is 12.7. The molecule has 0 spiro atoms. The summed E-state index contributed by atoms with van der Waals surface area (Å²) in [5.74, 6) is 0.300. The Morgan fingerprint density at radius 3 is 2.57 bits per heavy atom. The molecule has 2 aromatic carbocycles. The van der Waals surface area contributed by atoms with Crippen molar-refractivity contribution in [3.05, 3.63) is 65.7 Å². The lowest BCUT2D eigenvalue weighted by Crippen LogP contribution is -2.39. The van der Waals surface area contributed by atoms with Crippen molar-refractivity contribution < 1.29 is 14.6 Å². The van der Waals surface area contributed by atoms with Crippen LogP contribution in [0.15, 0.2) is 54.6 Å². The Morgan fingerprint density at radius 1 is 1.17 bits per heavy atom. The number of carbonyl (C=O) groups is 1. The second-order valence-corrected chi connectivity index (χ2v) is 5.61. The number of ether oxygens (including phenoxy) is 1. The van der Waals surface area contributed by atoms with Crippen LogP contribution in [0.25, 0.3) is 0 Å². The Hall–Kier alpha value is -2.33. The second-order valence-electron chi connectivity index (χ2n) is 5.61. The van der Waals surface area contributed by atoms with E-state index in [1.807, 2.05) is 54.6 Å². The number of carbonyl (C=O) groups excluding carboxylic acids is 1. The zero-order valence-electron chi connectivity index (χ0n) is 13.5. The molecule has 2 unspecified atom stereocenters. The van der Waals surface area contributed by atoms with Gasteiger partial charge in [0.05, 0.1) is 19.6 Å². The highest BCUT2D eigenvalue weighted by molar-refractivity contribution is 5.84. The summed E-state index contributed by atoms with van der Waals surface area (Å²) in [4.78, 5) is 12.7. The molecule has 2 rings (SSSR count). The van der Waals surface area contributed by atoms with Crippen LogP contribution in [0.5, 0.6) is 5.75 Å². The third kappa shape index (κ3) is 4.83. The highest BCUT2D eigenvalue weighted by Crippen LogP contribution is 2.25. The smallest absolute Gasteiger partial charge is 0.228 e. The summed E-state index contributed by atoms with van der Waals surface area (Å²) < 4.78 is 5.27. The van der Waals surface area contributed by atoms with Gasteiger partial charge in [-0.1, -0.05) is 42.5 Å². The molecule has 0 aliphatic rings. The lowest BCUT2D eigenvalue weighted by molar-refractivity contribution is -0.123. The van der Waals surface area contributed by atoms with Crippen LogP contribution in [0.4, 0.5) is 0 Å². The quantitative estimate of drug-likeness (QED) is 0.826. The number of hydrogen-bond acceptors (Lipinski definition) is 3. The van der Waals surface area contributed by atoms with E-state index in [2.05, 4.69) is 5.32 Å². The standard InChI is InChI=1S/C19H23NO3/c1-14(13-21)20-19(22)18(11-15-7-4-3-5-8-15)16-9-6-10-17(12-16)23-2/h3-10,12,14,18,21H,11,13H2,1-2H3,(H,20,22). The molecule has 0 saturated heterocycles. The fourth-order valence-electron chi connectivity index (χ4n) is 2.46. The molecule has 1 amide bonds. The summed E-state index contributed by atoms with van der Waals surface area (Å²) >= 11 is 0. The monoisotopic (exact) mass is 313 g/mol. The highest BCUT2D eigenvalue weighted by Gasteiger charge is 2.22. The van der Waals surface area contributed by atoms with E-state index in [1.54, 1.807) is 14.0 Å². The first-order valence-corrected chi connectivity index (χ1v) is 7.73. The molecule has 0 aliphatic carbocycles. The highest BCUT2D eigenvalue weighted by atomic mass is 16.5. The summed E-state index contributed by atoms with van der Waals surface area (Å²) in [6.07, 6.45) is 0.595. The summed E-state index contributed by atoms with van der Waals surface area (Å²) in [5, 5.41) is 12.0. The second kappa shape index (κ2) is 8.34. The molecule has 0 fully saturated rings. The molecule has 4 nitrogen and oxygen atoms in total. The molecule has 122 valence electrons. The molecule has 23 heavy (non-hydrogen) atoms. The minimum atomic E-state index is -0.332. The SMILES string of the molecule is COc1cccc(C(Cc2ccccc2)C(=O)NC(C)CO)c1. The minimum Gasteiger partial charge on any atom is -0.497 e. The van der Waals surface area contributed by atoms with E-state index in [9.17, 15) is 9.90 Å². The topological polar surface area (TPSA) is 58.6 Å². The minimum absolute atomic E-state index is 0.0814. The van der Waals surface area contributed by atoms with Crippen LogP contribution in [0, 0.1) is 0 Å². The first-order chi connectivity index (χ1) is 11.1. The van der Waals surface area contributed by atoms with Crippen molar-refractivity contribution >= 4 is 5.91 Å². The van der Waals surface area contributed by atoms with Crippen molar-refractivity contribution in [2.24, 2.45) is 0 Å². The molecule has 2 N–H and O–H groups in total. The summed E-state index contributed by atoms with van der Waals surface area (Å²) in [5.41, 5.74) is 1.99. The molecule has 0 heterocycles. The number of amides is 1. The number of hydrogen-bond donors (Lipinski definition) is 2.